The summed E-state index contributed by atoms with van der Waals surface area (Å²) in [7, 11) is 0. The van der Waals surface area contributed by atoms with Gasteiger partial charge in [-0.2, -0.15) is 5.26 Å². The largest absolute Gasteiger partial charge is 0.206 e. The molecule has 4 rings (SSSR count). The number of allylic oxidation sites excluding steroid dienone is 1. The number of hydrogen-bond acceptors (Lipinski definition) is 1. The first-order valence-corrected chi connectivity index (χ1v) is 10.8. The van der Waals surface area contributed by atoms with Crippen molar-refractivity contribution in [1.82, 2.24) is 0 Å². The van der Waals surface area contributed by atoms with Gasteiger partial charge in [0.15, 0.2) is 0 Å². The summed E-state index contributed by atoms with van der Waals surface area (Å²) in [5, 5.41) is 9.01. The Balaban J connectivity index is 1.55. The van der Waals surface area contributed by atoms with Crippen molar-refractivity contribution in [2.75, 3.05) is 0 Å². The van der Waals surface area contributed by atoms with E-state index in [0.717, 1.165) is 41.0 Å². The Hall–Kier alpha value is -2.47. The van der Waals surface area contributed by atoms with Crippen molar-refractivity contribution in [1.29, 1.82) is 5.26 Å². The van der Waals surface area contributed by atoms with E-state index < -0.39 is 5.82 Å². The van der Waals surface area contributed by atoms with Gasteiger partial charge in [0, 0.05) is 5.56 Å². The minimum atomic E-state index is -0.516. The molecule has 0 aliphatic heterocycles. The maximum absolute atomic E-state index is 15.0. The van der Waals surface area contributed by atoms with Crippen molar-refractivity contribution in [2.24, 2.45) is 5.92 Å². The molecule has 29 heavy (non-hydrogen) atoms. The van der Waals surface area contributed by atoms with E-state index >= 15 is 4.39 Å². The summed E-state index contributed by atoms with van der Waals surface area (Å²) in [6.07, 6.45) is 10.6. The van der Waals surface area contributed by atoms with Gasteiger partial charge in [-0.1, -0.05) is 38.0 Å². The molecule has 0 amide bonds. The Bertz CT molecular complexity index is 975. The average molecular weight is 392 g/mol. The average Bonchev–Trinajstić information content (AvgIpc) is 2.73. The Morgan fingerprint density at radius 1 is 1.00 bits per heavy atom. The van der Waals surface area contributed by atoms with Crippen LogP contribution < -0.4 is 0 Å². The molecule has 2 aromatic carbocycles. The Morgan fingerprint density at radius 2 is 1.79 bits per heavy atom. The third-order valence-electron chi connectivity index (χ3n) is 6.70. The van der Waals surface area contributed by atoms with Gasteiger partial charge in [0.25, 0.3) is 0 Å². The van der Waals surface area contributed by atoms with Crippen LogP contribution in [0.2, 0.25) is 0 Å². The van der Waals surface area contributed by atoms with Crippen LogP contribution in [0.3, 0.4) is 0 Å². The number of aryl methyl sites for hydroxylation is 1. The van der Waals surface area contributed by atoms with Crippen LogP contribution in [0.5, 0.6) is 0 Å². The number of nitrogens with zero attached hydrogens (tertiary/aromatic N) is 1. The zero-order chi connectivity index (χ0) is 20.4. The highest BCUT2D eigenvalue weighted by atomic mass is 19.1. The van der Waals surface area contributed by atoms with Crippen LogP contribution in [0.25, 0.3) is 11.6 Å². The molecule has 2 aliphatic carbocycles. The van der Waals surface area contributed by atoms with Crippen LogP contribution in [-0.4, -0.2) is 0 Å². The summed E-state index contributed by atoms with van der Waals surface area (Å²) in [5.74, 6) is 0.612. The molecule has 0 atom stereocenters. The summed E-state index contributed by atoms with van der Waals surface area (Å²) in [6.45, 7) is 2.25. The molecule has 150 valence electrons. The summed E-state index contributed by atoms with van der Waals surface area (Å²) >= 11 is 0. The highest BCUT2D eigenvalue weighted by Gasteiger charge is 2.23. The summed E-state index contributed by atoms with van der Waals surface area (Å²) in [5.41, 5.74) is 4.40. The second-order valence-corrected chi connectivity index (χ2v) is 8.56. The highest BCUT2D eigenvalue weighted by Crippen LogP contribution is 2.39. The molecule has 0 bridgehead atoms. The van der Waals surface area contributed by atoms with Gasteiger partial charge in [-0.05, 0) is 90.8 Å². The molecule has 0 aromatic heterocycles. The lowest BCUT2D eigenvalue weighted by atomic mass is 9.77. The third kappa shape index (κ3) is 4.13. The lowest BCUT2D eigenvalue weighted by Gasteiger charge is -2.29. The van der Waals surface area contributed by atoms with Gasteiger partial charge in [-0.3, -0.25) is 0 Å². The van der Waals surface area contributed by atoms with Crippen LogP contribution in [0, 0.1) is 28.9 Å². The minimum Gasteiger partial charge on any atom is -0.206 e. The van der Waals surface area contributed by atoms with Crippen molar-refractivity contribution in [3.8, 4) is 6.07 Å². The van der Waals surface area contributed by atoms with Gasteiger partial charge < -0.3 is 0 Å². The second kappa shape index (κ2) is 8.49. The lowest BCUT2D eigenvalue weighted by Crippen LogP contribution is -2.13. The van der Waals surface area contributed by atoms with Crippen molar-refractivity contribution in [3.05, 3.63) is 69.8 Å². The van der Waals surface area contributed by atoms with Gasteiger partial charge in [-0.25, -0.2) is 8.78 Å². The normalized spacial score (nSPS) is 21.2. The fourth-order valence-corrected chi connectivity index (χ4v) is 5.05. The van der Waals surface area contributed by atoms with E-state index in [-0.39, 0.29) is 11.4 Å². The van der Waals surface area contributed by atoms with E-state index in [1.807, 2.05) is 18.2 Å². The molecule has 0 saturated heterocycles. The van der Waals surface area contributed by atoms with Crippen LogP contribution in [0.4, 0.5) is 8.78 Å². The zero-order valence-electron chi connectivity index (χ0n) is 17.0. The van der Waals surface area contributed by atoms with E-state index in [4.69, 9.17) is 5.26 Å². The van der Waals surface area contributed by atoms with Crippen molar-refractivity contribution in [3.63, 3.8) is 0 Å². The van der Waals surface area contributed by atoms with Crippen molar-refractivity contribution >= 4 is 11.6 Å². The van der Waals surface area contributed by atoms with Gasteiger partial charge >= 0.3 is 0 Å². The fraction of sp³-hybridized carbons (Fsp3) is 0.423. The van der Waals surface area contributed by atoms with E-state index in [0.29, 0.717) is 24.3 Å². The van der Waals surface area contributed by atoms with Gasteiger partial charge in [0.2, 0.25) is 0 Å². The second-order valence-electron chi connectivity index (χ2n) is 8.56. The number of rotatable bonds is 4. The Kier molecular flexibility index (Phi) is 5.81. The molecule has 0 radical (unpaired) electrons. The molecule has 1 nitrogen and oxygen atoms in total. The first-order chi connectivity index (χ1) is 14.1. The Morgan fingerprint density at radius 3 is 2.48 bits per heavy atom. The predicted octanol–water partition coefficient (Wildman–Crippen LogP) is 7.40. The molecule has 0 heterocycles. The lowest BCUT2D eigenvalue weighted by molar-refractivity contribution is 0.308. The smallest absolute Gasteiger partial charge is 0.141 e. The molecule has 0 unspecified atom stereocenters. The summed E-state index contributed by atoms with van der Waals surface area (Å²) < 4.78 is 29.0. The first-order valence-electron chi connectivity index (χ1n) is 10.8. The third-order valence-corrected chi connectivity index (χ3v) is 6.70. The first kappa shape index (κ1) is 19.8. The number of fused-ring (bicyclic) bond motifs is 1. The maximum atomic E-state index is 15.0. The monoisotopic (exact) mass is 391 g/mol. The summed E-state index contributed by atoms with van der Waals surface area (Å²) in [4.78, 5) is 0. The number of nitriles is 1. The Labute approximate surface area is 172 Å². The SMILES string of the molecule is CCCC1CCC(c2ccc(C3=Cc4cc(F)c(C#N)cc4CC3)c(F)c2)CC1. The van der Waals surface area contributed by atoms with Crippen LogP contribution in [0.15, 0.2) is 30.3 Å². The maximum Gasteiger partial charge on any atom is 0.141 e. The van der Waals surface area contributed by atoms with Crippen LogP contribution in [-0.2, 0) is 6.42 Å². The van der Waals surface area contributed by atoms with Crippen molar-refractivity contribution in [2.45, 2.75) is 64.2 Å². The quantitative estimate of drug-likeness (QED) is 0.533. The van der Waals surface area contributed by atoms with Gasteiger partial charge in [0.05, 0.1) is 5.56 Å². The molecular formula is C26H27F2N. The molecule has 1 saturated carbocycles. The number of hydrogen-bond donors (Lipinski definition) is 0. The van der Waals surface area contributed by atoms with E-state index in [9.17, 15) is 4.39 Å². The van der Waals surface area contributed by atoms with E-state index in [1.54, 1.807) is 12.1 Å². The topological polar surface area (TPSA) is 23.8 Å². The fourth-order valence-electron chi connectivity index (χ4n) is 5.05. The minimum absolute atomic E-state index is 0.0739. The van der Waals surface area contributed by atoms with Gasteiger partial charge in [-0.15, -0.1) is 0 Å². The highest BCUT2D eigenvalue weighted by molar-refractivity contribution is 5.85. The van der Waals surface area contributed by atoms with E-state index in [2.05, 4.69) is 13.0 Å². The molecule has 1 fully saturated rings. The molecule has 2 aromatic rings. The number of benzene rings is 2. The van der Waals surface area contributed by atoms with Crippen LogP contribution in [0.1, 0.15) is 85.6 Å². The predicted molar refractivity (Wildman–Crippen MR) is 113 cm³/mol. The van der Waals surface area contributed by atoms with E-state index in [1.165, 1.54) is 31.7 Å². The molecule has 3 heteroatoms. The van der Waals surface area contributed by atoms with Crippen LogP contribution >= 0.6 is 0 Å². The molecule has 2 aliphatic rings. The summed E-state index contributed by atoms with van der Waals surface area (Å²) in [6, 6.07) is 10.6. The molecule has 0 N–H and O–H groups in total. The standard InChI is InChI=1S/C26H27F2N/c1-2-3-17-4-6-18(7-5-17)20-10-11-24(26(28)14-20)21-9-8-19-12-23(16-29)25(27)15-22(19)13-21/h10-15,17-18H,2-9H2,1H3. The van der Waals surface area contributed by atoms with Gasteiger partial charge in [0.1, 0.15) is 17.7 Å². The van der Waals surface area contributed by atoms with Crippen molar-refractivity contribution < 1.29 is 8.78 Å². The number of halogens is 2. The molecular weight excluding hydrogens is 364 g/mol. The molecule has 0 spiro atoms. The zero-order valence-corrected chi connectivity index (χ0v) is 17.0.